The second-order valence-electron chi connectivity index (χ2n) is 10.2. The first kappa shape index (κ1) is 27.9. The summed E-state index contributed by atoms with van der Waals surface area (Å²) in [5.74, 6) is -0.549. The fraction of sp³-hybridized carbons (Fsp3) is 0.621. The van der Waals surface area contributed by atoms with E-state index in [0.29, 0.717) is 31.7 Å². The molecule has 1 saturated carbocycles. The molecule has 1 fully saturated rings. The summed E-state index contributed by atoms with van der Waals surface area (Å²) in [4.78, 5) is 40.5. The van der Waals surface area contributed by atoms with Crippen LogP contribution < -0.4 is 5.32 Å². The molecule has 1 aliphatic carbocycles. The number of aliphatic hydroxyl groups excluding tert-OH is 1. The van der Waals surface area contributed by atoms with E-state index in [-0.39, 0.29) is 50.0 Å². The summed E-state index contributed by atoms with van der Waals surface area (Å²) in [5.41, 5.74) is 0.980. The number of cyclic esters (lactones) is 1. The highest BCUT2D eigenvalue weighted by Gasteiger charge is 2.28. The molecular formula is C29H42N2O5. The van der Waals surface area contributed by atoms with Gasteiger partial charge in [0.05, 0.1) is 18.6 Å². The molecule has 1 aliphatic heterocycles. The molecule has 0 radical (unpaired) electrons. The third kappa shape index (κ3) is 9.76. The highest BCUT2D eigenvalue weighted by molar-refractivity contribution is 5.86. The Morgan fingerprint density at radius 2 is 1.83 bits per heavy atom. The van der Waals surface area contributed by atoms with Crippen molar-refractivity contribution in [3.8, 4) is 0 Å². The van der Waals surface area contributed by atoms with E-state index in [1.54, 1.807) is 4.90 Å². The fourth-order valence-electron chi connectivity index (χ4n) is 5.16. The Labute approximate surface area is 215 Å². The van der Waals surface area contributed by atoms with Crippen LogP contribution in [0, 0.1) is 11.8 Å². The van der Waals surface area contributed by atoms with Gasteiger partial charge in [0.15, 0.2) is 0 Å². The molecule has 3 rings (SSSR count). The van der Waals surface area contributed by atoms with Crippen LogP contribution >= 0.6 is 0 Å². The molecule has 0 spiro atoms. The second kappa shape index (κ2) is 15.4. The number of carbonyl (C=O) groups excluding carboxylic acids is 3. The summed E-state index contributed by atoms with van der Waals surface area (Å²) in [7, 11) is 0. The molecule has 7 heteroatoms. The molecule has 2 aliphatic rings. The Kier molecular flexibility index (Phi) is 12.0. The number of allylic oxidation sites excluding steroid dienone is 2. The van der Waals surface area contributed by atoms with E-state index < -0.39 is 5.92 Å². The maximum Gasteiger partial charge on any atom is 0.305 e. The van der Waals surface area contributed by atoms with Gasteiger partial charge in [-0.1, -0.05) is 74.6 Å². The zero-order chi connectivity index (χ0) is 25.6. The fourth-order valence-corrected chi connectivity index (χ4v) is 5.16. The number of amides is 2. The highest BCUT2D eigenvalue weighted by atomic mass is 16.5. The van der Waals surface area contributed by atoms with Gasteiger partial charge in [0.1, 0.15) is 6.61 Å². The highest BCUT2D eigenvalue weighted by Crippen LogP contribution is 2.28. The zero-order valence-corrected chi connectivity index (χ0v) is 21.4. The molecule has 1 aromatic carbocycles. The molecule has 1 aromatic rings. The average Bonchev–Trinajstić information content (AvgIpc) is 2.90. The van der Waals surface area contributed by atoms with E-state index >= 15 is 0 Å². The van der Waals surface area contributed by atoms with Crippen molar-refractivity contribution in [2.45, 2.75) is 83.2 Å². The van der Waals surface area contributed by atoms with Crippen molar-refractivity contribution in [1.82, 2.24) is 10.2 Å². The van der Waals surface area contributed by atoms with Crippen LogP contribution in [0.2, 0.25) is 0 Å². The van der Waals surface area contributed by atoms with Crippen molar-refractivity contribution in [1.29, 1.82) is 0 Å². The molecule has 1 heterocycles. The Morgan fingerprint density at radius 1 is 1.06 bits per heavy atom. The number of hydrogen-bond acceptors (Lipinski definition) is 5. The molecule has 2 atom stereocenters. The van der Waals surface area contributed by atoms with Crippen molar-refractivity contribution in [3.05, 3.63) is 48.0 Å². The van der Waals surface area contributed by atoms with Gasteiger partial charge >= 0.3 is 5.97 Å². The first-order valence-corrected chi connectivity index (χ1v) is 13.6. The molecule has 0 saturated heterocycles. The number of ether oxygens (including phenoxy) is 1. The number of esters is 1. The molecule has 2 amide bonds. The Hall–Kier alpha value is -2.67. The largest absolute Gasteiger partial charge is 0.463 e. The lowest BCUT2D eigenvalue weighted by atomic mass is 9.84. The normalized spacial score (nSPS) is 22.5. The van der Waals surface area contributed by atoms with E-state index in [1.807, 2.05) is 42.5 Å². The number of rotatable bonds is 8. The number of carbonyl (C=O) groups is 3. The van der Waals surface area contributed by atoms with Gasteiger partial charge in [0, 0.05) is 25.9 Å². The van der Waals surface area contributed by atoms with Crippen molar-refractivity contribution in [2.75, 3.05) is 19.8 Å². The monoisotopic (exact) mass is 498 g/mol. The summed E-state index contributed by atoms with van der Waals surface area (Å²) in [5, 5.41) is 12.7. The number of hydrogen-bond donors (Lipinski definition) is 2. The van der Waals surface area contributed by atoms with E-state index in [0.717, 1.165) is 31.2 Å². The minimum Gasteiger partial charge on any atom is -0.463 e. The van der Waals surface area contributed by atoms with Gasteiger partial charge in [-0.15, -0.1) is 0 Å². The minimum atomic E-state index is -0.518. The maximum atomic E-state index is 13.4. The Balaban J connectivity index is 1.70. The molecule has 7 nitrogen and oxygen atoms in total. The van der Waals surface area contributed by atoms with Gasteiger partial charge in [-0.05, 0) is 37.2 Å². The second-order valence-corrected chi connectivity index (χ2v) is 10.2. The van der Waals surface area contributed by atoms with Crippen molar-refractivity contribution in [2.24, 2.45) is 11.8 Å². The molecule has 0 bridgehead atoms. The zero-order valence-electron chi connectivity index (χ0n) is 21.4. The topological polar surface area (TPSA) is 95.9 Å². The van der Waals surface area contributed by atoms with Crippen molar-refractivity contribution < 1.29 is 24.2 Å². The number of benzene rings is 1. The van der Waals surface area contributed by atoms with Crippen LogP contribution in [0.15, 0.2) is 42.5 Å². The van der Waals surface area contributed by atoms with Crippen LogP contribution in [0.4, 0.5) is 0 Å². The van der Waals surface area contributed by atoms with Crippen LogP contribution in [0.1, 0.15) is 76.2 Å². The molecular weight excluding hydrogens is 456 g/mol. The van der Waals surface area contributed by atoms with E-state index in [2.05, 4.69) is 5.32 Å². The van der Waals surface area contributed by atoms with Gasteiger partial charge in [-0.25, -0.2) is 0 Å². The Bertz CT molecular complexity index is 850. The first-order chi connectivity index (χ1) is 17.5. The Morgan fingerprint density at radius 3 is 2.58 bits per heavy atom. The molecule has 0 aromatic heterocycles. The third-order valence-electron chi connectivity index (χ3n) is 7.20. The summed E-state index contributed by atoms with van der Waals surface area (Å²) in [6.07, 6.45) is 13.0. The average molecular weight is 499 g/mol. The quantitative estimate of drug-likeness (QED) is 0.415. The predicted octanol–water partition coefficient (Wildman–Crippen LogP) is 4.14. The first-order valence-electron chi connectivity index (χ1n) is 13.6. The van der Waals surface area contributed by atoms with E-state index in [4.69, 9.17) is 4.74 Å². The van der Waals surface area contributed by atoms with E-state index in [9.17, 15) is 19.5 Å². The lowest BCUT2D eigenvalue weighted by Crippen LogP contribution is -2.44. The summed E-state index contributed by atoms with van der Waals surface area (Å²) >= 11 is 0. The number of nitrogens with zero attached hydrogens (tertiary/aromatic N) is 1. The van der Waals surface area contributed by atoms with Crippen LogP contribution in [0.5, 0.6) is 0 Å². The van der Waals surface area contributed by atoms with Crippen LogP contribution in [-0.2, 0) is 25.7 Å². The third-order valence-corrected chi connectivity index (χ3v) is 7.20. The molecule has 36 heavy (non-hydrogen) atoms. The molecule has 0 unspecified atom stereocenters. The lowest BCUT2D eigenvalue weighted by molar-refractivity contribution is -0.145. The molecule has 2 N–H and O–H groups in total. The van der Waals surface area contributed by atoms with Gasteiger partial charge in [0.25, 0.3) is 0 Å². The van der Waals surface area contributed by atoms with Gasteiger partial charge in [-0.2, -0.15) is 0 Å². The lowest BCUT2D eigenvalue weighted by Gasteiger charge is -2.29. The van der Waals surface area contributed by atoms with Crippen LogP contribution in [0.25, 0.3) is 0 Å². The SMILES string of the molecule is O=C1CCCC=CC[C@H](CC(=O)N(CCO)Cc2ccccc2)C(=O)N[C@@H](CC2CCCCC2)CO1. The summed E-state index contributed by atoms with van der Waals surface area (Å²) < 4.78 is 5.53. The van der Waals surface area contributed by atoms with E-state index in [1.165, 1.54) is 19.3 Å². The van der Waals surface area contributed by atoms with Crippen LogP contribution in [0.3, 0.4) is 0 Å². The maximum absolute atomic E-state index is 13.4. The standard InChI is InChI=1S/C29H42N2O5/c32-18-17-31(21-24-13-7-4-8-14-24)27(33)20-25-15-9-1-2-10-16-28(34)36-22-26(30-29(25)35)19-23-11-5-3-6-12-23/h1,4,7-9,13-14,23,25-26,32H,2-3,5-6,10-12,15-22H2,(H,30,35)/t25-,26+/m1/s1. The van der Waals surface area contributed by atoms with Crippen molar-refractivity contribution in [3.63, 3.8) is 0 Å². The van der Waals surface area contributed by atoms with Gasteiger partial charge in [-0.3, -0.25) is 14.4 Å². The smallest absolute Gasteiger partial charge is 0.305 e. The summed E-state index contributed by atoms with van der Waals surface area (Å²) in [6, 6.07) is 9.41. The van der Waals surface area contributed by atoms with Gasteiger partial charge in [0.2, 0.25) is 11.8 Å². The van der Waals surface area contributed by atoms with Gasteiger partial charge < -0.3 is 20.1 Å². The number of nitrogens with one attached hydrogen (secondary N) is 1. The molecule has 198 valence electrons. The summed E-state index contributed by atoms with van der Waals surface area (Å²) in [6.45, 7) is 0.660. The minimum absolute atomic E-state index is 0.0684. The predicted molar refractivity (Wildman–Crippen MR) is 139 cm³/mol. The van der Waals surface area contributed by atoms with Crippen LogP contribution in [-0.4, -0.2) is 53.6 Å². The van der Waals surface area contributed by atoms with Crippen molar-refractivity contribution >= 4 is 17.8 Å². The number of aliphatic hydroxyl groups is 1.